The Kier molecular flexibility index (Phi) is 7.83. The summed E-state index contributed by atoms with van der Waals surface area (Å²) in [5, 5.41) is 12.1. The first-order chi connectivity index (χ1) is 18.2. The van der Waals surface area contributed by atoms with Gasteiger partial charge in [0.15, 0.2) is 0 Å². The molecule has 0 aliphatic carbocycles. The molecule has 0 radical (unpaired) electrons. The number of hydrogen-bond donors (Lipinski definition) is 1. The van der Waals surface area contributed by atoms with E-state index >= 15 is 0 Å². The summed E-state index contributed by atoms with van der Waals surface area (Å²) in [6.07, 6.45) is 0. The van der Waals surface area contributed by atoms with Gasteiger partial charge < -0.3 is 10.1 Å². The Hall–Kier alpha value is -4.49. The van der Waals surface area contributed by atoms with Gasteiger partial charge in [0.1, 0.15) is 23.7 Å². The minimum atomic E-state index is -0.153. The maximum atomic E-state index is 12.6. The van der Waals surface area contributed by atoms with Crippen molar-refractivity contribution in [3.8, 4) is 28.3 Å². The fourth-order valence-electron chi connectivity index (χ4n) is 3.66. The quantitative estimate of drug-likeness (QED) is 0.230. The van der Waals surface area contributed by atoms with Crippen molar-refractivity contribution < 1.29 is 9.53 Å². The van der Waals surface area contributed by atoms with Crippen LogP contribution in [0.1, 0.15) is 5.56 Å². The number of nitrogens with one attached hydrogen (secondary N) is 1. The lowest BCUT2D eigenvalue weighted by Crippen LogP contribution is -2.14. The molecule has 0 aliphatic rings. The third-order valence-electron chi connectivity index (χ3n) is 5.48. The molecule has 1 amide bonds. The second kappa shape index (κ2) is 12.0. The van der Waals surface area contributed by atoms with Gasteiger partial charge in [-0.2, -0.15) is 0 Å². The van der Waals surface area contributed by atoms with Crippen LogP contribution in [0.5, 0.6) is 5.75 Å². The molecule has 5 aromatic rings. The average Bonchev–Trinajstić information content (AvgIpc) is 2.97. The molecule has 0 atom stereocenters. The molecule has 1 N–H and O–H groups in total. The van der Waals surface area contributed by atoms with Crippen LogP contribution in [-0.4, -0.2) is 26.8 Å². The summed E-state index contributed by atoms with van der Waals surface area (Å²) >= 11 is 1.25. The third kappa shape index (κ3) is 6.59. The summed E-state index contributed by atoms with van der Waals surface area (Å²) in [5.41, 5.74) is 5.11. The first kappa shape index (κ1) is 24.2. The standard InChI is InChI=1S/C30H24N4O2S/c35-27(31-25-16-18-26(19-17-25)36-20-22-10-4-1-5-11-22)21-37-30-32-28(23-12-6-2-7-13-23)29(33-34-30)24-14-8-3-9-15-24/h1-19H,20-21H2,(H,31,35). The lowest BCUT2D eigenvalue weighted by molar-refractivity contribution is -0.113. The summed E-state index contributed by atoms with van der Waals surface area (Å²) < 4.78 is 5.81. The minimum absolute atomic E-state index is 0.153. The molecule has 1 aromatic heterocycles. The van der Waals surface area contributed by atoms with Crippen LogP contribution in [0.4, 0.5) is 5.69 Å². The molecule has 4 aromatic carbocycles. The molecule has 6 nitrogen and oxygen atoms in total. The van der Waals surface area contributed by atoms with Crippen LogP contribution in [0.25, 0.3) is 22.5 Å². The first-order valence-corrected chi connectivity index (χ1v) is 12.8. The van der Waals surface area contributed by atoms with E-state index in [0.29, 0.717) is 23.1 Å². The number of carbonyl (C=O) groups excluding carboxylic acids is 1. The summed E-state index contributed by atoms with van der Waals surface area (Å²) in [7, 11) is 0. The van der Waals surface area contributed by atoms with Gasteiger partial charge in [-0.05, 0) is 29.8 Å². The van der Waals surface area contributed by atoms with Gasteiger partial charge >= 0.3 is 0 Å². The fraction of sp³-hybridized carbons (Fsp3) is 0.0667. The molecule has 0 unspecified atom stereocenters. The number of thioether (sulfide) groups is 1. The molecular weight excluding hydrogens is 480 g/mol. The van der Waals surface area contributed by atoms with Gasteiger partial charge in [0.2, 0.25) is 11.1 Å². The maximum absolute atomic E-state index is 12.6. The van der Waals surface area contributed by atoms with Crippen molar-refractivity contribution in [3.05, 3.63) is 121 Å². The monoisotopic (exact) mass is 504 g/mol. The third-order valence-corrected chi connectivity index (χ3v) is 6.32. The smallest absolute Gasteiger partial charge is 0.234 e. The van der Waals surface area contributed by atoms with E-state index in [-0.39, 0.29) is 11.7 Å². The van der Waals surface area contributed by atoms with Gasteiger partial charge in [0, 0.05) is 16.8 Å². The van der Waals surface area contributed by atoms with E-state index < -0.39 is 0 Å². The summed E-state index contributed by atoms with van der Waals surface area (Å²) in [6, 6.07) is 37.0. The maximum Gasteiger partial charge on any atom is 0.234 e. The average molecular weight is 505 g/mol. The number of hydrogen-bond acceptors (Lipinski definition) is 6. The number of anilines is 1. The first-order valence-electron chi connectivity index (χ1n) is 11.8. The van der Waals surface area contributed by atoms with Gasteiger partial charge in [-0.1, -0.05) is 103 Å². The van der Waals surface area contributed by atoms with Gasteiger partial charge in [-0.15, -0.1) is 10.2 Å². The predicted octanol–water partition coefficient (Wildman–Crippen LogP) is 6.52. The molecule has 0 fully saturated rings. The van der Waals surface area contributed by atoms with E-state index in [1.165, 1.54) is 11.8 Å². The Balaban J connectivity index is 1.21. The topological polar surface area (TPSA) is 77.0 Å². The van der Waals surface area contributed by atoms with Gasteiger partial charge in [0.25, 0.3) is 0 Å². The van der Waals surface area contributed by atoms with E-state index in [4.69, 9.17) is 9.72 Å². The van der Waals surface area contributed by atoms with Gasteiger partial charge in [-0.3, -0.25) is 4.79 Å². The second-order valence-corrected chi connectivity index (χ2v) is 9.10. The number of rotatable bonds is 9. The molecule has 182 valence electrons. The number of nitrogens with zero attached hydrogens (tertiary/aromatic N) is 3. The molecule has 0 saturated heterocycles. The number of ether oxygens (including phenoxy) is 1. The van der Waals surface area contributed by atoms with Crippen molar-refractivity contribution in [2.45, 2.75) is 11.8 Å². The lowest BCUT2D eigenvalue weighted by Gasteiger charge is -2.10. The molecule has 0 spiro atoms. The molecule has 0 aliphatic heterocycles. The molecule has 37 heavy (non-hydrogen) atoms. The summed E-state index contributed by atoms with van der Waals surface area (Å²) in [6.45, 7) is 0.491. The van der Waals surface area contributed by atoms with Crippen molar-refractivity contribution in [2.24, 2.45) is 0 Å². The molecular formula is C30H24N4O2S. The van der Waals surface area contributed by atoms with Crippen LogP contribution >= 0.6 is 11.8 Å². The fourth-order valence-corrected chi connectivity index (χ4v) is 4.25. The van der Waals surface area contributed by atoms with E-state index in [1.54, 1.807) is 0 Å². The van der Waals surface area contributed by atoms with Gasteiger partial charge in [0.05, 0.1) is 5.75 Å². The van der Waals surface area contributed by atoms with Crippen LogP contribution in [0.15, 0.2) is 120 Å². The van der Waals surface area contributed by atoms with E-state index in [1.807, 2.05) is 115 Å². The molecule has 1 heterocycles. The lowest BCUT2D eigenvalue weighted by atomic mass is 10.0. The van der Waals surface area contributed by atoms with Crippen molar-refractivity contribution >= 4 is 23.4 Å². The predicted molar refractivity (Wildman–Crippen MR) is 147 cm³/mol. The van der Waals surface area contributed by atoms with Crippen molar-refractivity contribution in [1.82, 2.24) is 15.2 Å². The largest absolute Gasteiger partial charge is 0.489 e. The Bertz CT molecular complexity index is 1450. The zero-order valence-corrected chi connectivity index (χ0v) is 20.8. The van der Waals surface area contributed by atoms with E-state index in [2.05, 4.69) is 15.5 Å². The molecule has 5 rings (SSSR count). The summed E-state index contributed by atoms with van der Waals surface area (Å²) in [4.78, 5) is 17.3. The van der Waals surface area contributed by atoms with E-state index in [9.17, 15) is 4.79 Å². The highest BCUT2D eigenvalue weighted by Gasteiger charge is 2.14. The van der Waals surface area contributed by atoms with Crippen LogP contribution in [0.2, 0.25) is 0 Å². The summed E-state index contributed by atoms with van der Waals surface area (Å²) in [5.74, 6) is 0.745. The highest BCUT2D eigenvalue weighted by molar-refractivity contribution is 7.99. The van der Waals surface area contributed by atoms with Crippen LogP contribution in [0, 0.1) is 0 Å². The van der Waals surface area contributed by atoms with Crippen molar-refractivity contribution in [2.75, 3.05) is 11.1 Å². The Morgan fingerprint density at radius 3 is 1.95 bits per heavy atom. The van der Waals surface area contributed by atoms with Crippen LogP contribution in [-0.2, 0) is 11.4 Å². The number of aromatic nitrogens is 3. The van der Waals surface area contributed by atoms with Crippen LogP contribution < -0.4 is 10.1 Å². The zero-order valence-electron chi connectivity index (χ0n) is 20.0. The Labute approximate surface area is 219 Å². The minimum Gasteiger partial charge on any atom is -0.489 e. The number of carbonyl (C=O) groups is 1. The molecule has 7 heteroatoms. The van der Waals surface area contributed by atoms with Gasteiger partial charge in [-0.25, -0.2) is 4.98 Å². The highest BCUT2D eigenvalue weighted by Crippen LogP contribution is 2.29. The molecule has 0 saturated carbocycles. The van der Waals surface area contributed by atoms with E-state index in [0.717, 1.165) is 28.1 Å². The molecule has 0 bridgehead atoms. The zero-order chi connectivity index (χ0) is 25.3. The second-order valence-electron chi connectivity index (χ2n) is 8.16. The van der Waals surface area contributed by atoms with Crippen LogP contribution in [0.3, 0.4) is 0 Å². The Morgan fingerprint density at radius 1 is 0.703 bits per heavy atom. The normalized spacial score (nSPS) is 10.6. The number of amides is 1. The SMILES string of the molecule is O=C(CSc1nnc(-c2ccccc2)c(-c2ccccc2)n1)Nc1ccc(OCc2ccccc2)cc1. The Morgan fingerprint density at radius 2 is 1.30 bits per heavy atom. The highest BCUT2D eigenvalue weighted by atomic mass is 32.2. The van der Waals surface area contributed by atoms with Crippen molar-refractivity contribution in [1.29, 1.82) is 0 Å². The number of benzene rings is 4. The van der Waals surface area contributed by atoms with Crippen molar-refractivity contribution in [3.63, 3.8) is 0 Å².